The van der Waals surface area contributed by atoms with Gasteiger partial charge in [0.05, 0.1) is 13.7 Å². The molecule has 2 aromatic carbocycles. The molecule has 1 heterocycles. The van der Waals surface area contributed by atoms with E-state index in [4.69, 9.17) is 4.74 Å². The fourth-order valence-corrected chi connectivity index (χ4v) is 3.46. The van der Waals surface area contributed by atoms with Gasteiger partial charge in [-0.25, -0.2) is 4.79 Å². The van der Waals surface area contributed by atoms with Gasteiger partial charge in [-0.05, 0) is 42.8 Å². The predicted octanol–water partition coefficient (Wildman–Crippen LogP) is 4.03. The number of carbonyl (C=O) groups is 2. The van der Waals surface area contributed by atoms with Gasteiger partial charge >= 0.3 is 12.6 Å². The van der Waals surface area contributed by atoms with Crippen LogP contribution in [-0.2, 0) is 16.9 Å². The van der Waals surface area contributed by atoms with E-state index >= 15 is 0 Å². The SMILES string of the molecule is COc1ccc(Br)cc1CN1C(=O)NC(C)(c2ccc(OC(F)F)cc2)C1=O. The summed E-state index contributed by atoms with van der Waals surface area (Å²) in [7, 11) is 1.51. The maximum absolute atomic E-state index is 13.0. The topological polar surface area (TPSA) is 67.9 Å². The summed E-state index contributed by atoms with van der Waals surface area (Å²) in [5.41, 5.74) is -0.207. The van der Waals surface area contributed by atoms with Crippen LogP contribution in [0.25, 0.3) is 0 Å². The van der Waals surface area contributed by atoms with Crippen LogP contribution in [0.1, 0.15) is 18.1 Å². The van der Waals surface area contributed by atoms with E-state index in [1.807, 2.05) is 0 Å². The molecule has 1 atom stereocenters. The van der Waals surface area contributed by atoms with Crippen LogP contribution < -0.4 is 14.8 Å². The first-order valence-corrected chi connectivity index (χ1v) is 9.06. The molecule has 1 aliphatic heterocycles. The number of imide groups is 1. The Kier molecular flexibility index (Phi) is 5.55. The van der Waals surface area contributed by atoms with Gasteiger partial charge in [-0.2, -0.15) is 8.78 Å². The molecule has 1 saturated heterocycles. The molecule has 3 amide bonds. The van der Waals surface area contributed by atoms with Crippen molar-refractivity contribution in [3.8, 4) is 11.5 Å². The summed E-state index contributed by atoms with van der Waals surface area (Å²) < 4.78 is 35.0. The van der Waals surface area contributed by atoms with Crippen LogP contribution >= 0.6 is 15.9 Å². The fraction of sp³-hybridized carbons (Fsp3) is 0.263. The smallest absolute Gasteiger partial charge is 0.387 e. The van der Waals surface area contributed by atoms with Crippen molar-refractivity contribution in [3.05, 3.63) is 58.1 Å². The molecular weight excluding hydrogens is 438 g/mol. The van der Waals surface area contributed by atoms with Crippen molar-refractivity contribution in [3.63, 3.8) is 0 Å². The number of halogens is 3. The molecule has 1 fully saturated rings. The van der Waals surface area contributed by atoms with Crippen molar-refractivity contribution in [2.45, 2.75) is 25.6 Å². The molecule has 148 valence electrons. The minimum atomic E-state index is -2.94. The van der Waals surface area contributed by atoms with Crippen LogP contribution in [0.15, 0.2) is 46.9 Å². The summed E-state index contributed by atoms with van der Waals surface area (Å²) in [5, 5.41) is 2.67. The highest BCUT2D eigenvalue weighted by molar-refractivity contribution is 9.10. The summed E-state index contributed by atoms with van der Waals surface area (Å²) in [6.45, 7) is -1.35. The van der Waals surface area contributed by atoms with Gasteiger partial charge in [0.15, 0.2) is 0 Å². The number of urea groups is 1. The normalized spacial score (nSPS) is 19.1. The largest absolute Gasteiger partial charge is 0.496 e. The molecule has 0 aliphatic carbocycles. The van der Waals surface area contributed by atoms with Gasteiger partial charge in [0.2, 0.25) is 0 Å². The van der Waals surface area contributed by atoms with Crippen LogP contribution in [0.4, 0.5) is 13.6 Å². The molecule has 0 saturated carbocycles. The van der Waals surface area contributed by atoms with Gasteiger partial charge in [0.1, 0.15) is 17.0 Å². The van der Waals surface area contributed by atoms with Gasteiger partial charge in [-0.1, -0.05) is 28.1 Å². The van der Waals surface area contributed by atoms with E-state index in [0.29, 0.717) is 16.9 Å². The Morgan fingerprint density at radius 3 is 2.46 bits per heavy atom. The van der Waals surface area contributed by atoms with E-state index in [9.17, 15) is 18.4 Å². The van der Waals surface area contributed by atoms with Crippen molar-refractivity contribution < 1.29 is 27.8 Å². The number of nitrogens with zero attached hydrogens (tertiary/aromatic N) is 1. The second-order valence-electron chi connectivity index (χ2n) is 6.31. The van der Waals surface area contributed by atoms with Crippen molar-refractivity contribution in [1.82, 2.24) is 10.2 Å². The van der Waals surface area contributed by atoms with E-state index in [-0.39, 0.29) is 12.3 Å². The Morgan fingerprint density at radius 1 is 1.18 bits per heavy atom. The number of amides is 3. The summed E-state index contributed by atoms with van der Waals surface area (Å²) in [6.07, 6.45) is 0. The highest BCUT2D eigenvalue weighted by atomic mass is 79.9. The van der Waals surface area contributed by atoms with Crippen LogP contribution in [0.3, 0.4) is 0 Å². The van der Waals surface area contributed by atoms with Gasteiger partial charge < -0.3 is 14.8 Å². The highest BCUT2D eigenvalue weighted by Gasteiger charge is 2.49. The number of nitrogens with one attached hydrogen (secondary N) is 1. The number of ether oxygens (including phenoxy) is 2. The molecule has 0 aromatic heterocycles. The molecule has 9 heteroatoms. The Labute approximate surface area is 168 Å². The molecule has 1 N–H and O–H groups in total. The van der Waals surface area contributed by atoms with Gasteiger partial charge in [-0.3, -0.25) is 9.69 Å². The molecule has 0 spiro atoms. The zero-order chi connectivity index (χ0) is 20.5. The molecule has 0 bridgehead atoms. The van der Waals surface area contributed by atoms with Crippen molar-refractivity contribution in [2.75, 3.05) is 7.11 Å². The van der Waals surface area contributed by atoms with Gasteiger partial charge in [0, 0.05) is 10.0 Å². The lowest BCUT2D eigenvalue weighted by Gasteiger charge is -2.23. The van der Waals surface area contributed by atoms with Crippen molar-refractivity contribution in [1.29, 1.82) is 0 Å². The molecule has 1 aliphatic rings. The summed E-state index contributed by atoms with van der Waals surface area (Å²) in [4.78, 5) is 26.6. The lowest BCUT2D eigenvalue weighted by atomic mass is 9.92. The number of hydrogen-bond acceptors (Lipinski definition) is 4. The second kappa shape index (κ2) is 7.75. The molecule has 2 aromatic rings. The third kappa shape index (κ3) is 3.80. The van der Waals surface area contributed by atoms with Crippen LogP contribution in [0, 0.1) is 0 Å². The number of benzene rings is 2. The van der Waals surface area contributed by atoms with Crippen LogP contribution in [0.2, 0.25) is 0 Å². The zero-order valence-corrected chi connectivity index (χ0v) is 16.6. The first-order valence-electron chi connectivity index (χ1n) is 8.26. The van der Waals surface area contributed by atoms with E-state index in [1.165, 1.54) is 31.4 Å². The number of rotatable bonds is 6. The molecular formula is C19H17BrF2N2O4. The first kappa shape index (κ1) is 20.1. The predicted molar refractivity (Wildman–Crippen MR) is 100 cm³/mol. The summed E-state index contributed by atoms with van der Waals surface area (Å²) in [5.74, 6) is 0.0582. The third-order valence-corrected chi connectivity index (χ3v) is 5.00. The standard InChI is InChI=1S/C19H17BrF2N2O4/c1-19(12-3-6-14(7-4-12)28-17(21)22)16(25)24(18(26)23-19)10-11-9-13(20)5-8-15(11)27-2/h3-9,17H,10H2,1-2H3,(H,23,26). The van der Waals surface area contributed by atoms with Gasteiger partial charge in [0.25, 0.3) is 5.91 Å². The van der Waals surface area contributed by atoms with Crippen LogP contribution in [-0.4, -0.2) is 30.6 Å². The quantitative estimate of drug-likeness (QED) is 0.669. The van der Waals surface area contributed by atoms with Gasteiger partial charge in [-0.15, -0.1) is 0 Å². The van der Waals surface area contributed by atoms with Crippen molar-refractivity contribution >= 4 is 27.9 Å². The molecule has 6 nitrogen and oxygen atoms in total. The Morgan fingerprint density at radius 2 is 1.86 bits per heavy atom. The minimum Gasteiger partial charge on any atom is -0.496 e. The lowest BCUT2D eigenvalue weighted by Crippen LogP contribution is -2.40. The molecule has 1 unspecified atom stereocenters. The summed E-state index contributed by atoms with van der Waals surface area (Å²) >= 11 is 3.36. The minimum absolute atomic E-state index is 0.0233. The monoisotopic (exact) mass is 454 g/mol. The number of hydrogen-bond donors (Lipinski definition) is 1. The van der Waals surface area contributed by atoms with Crippen molar-refractivity contribution in [2.24, 2.45) is 0 Å². The average Bonchev–Trinajstić information content (AvgIpc) is 2.86. The Bertz CT molecular complexity index is 907. The second-order valence-corrected chi connectivity index (χ2v) is 7.22. The Balaban J connectivity index is 1.85. The third-order valence-electron chi connectivity index (χ3n) is 4.50. The molecule has 3 rings (SSSR count). The van der Waals surface area contributed by atoms with Crippen LogP contribution in [0.5, 0.6) is 11.5 Å². The summed E-state index contributed by atoms with van der Waals surface area (Å²) in [6, 6.07) is 10.3. The Hall–Kier alpha value is -2.68. The maximum atomic E-state index is 13.0. The average molecular weight is 455 g/mol. The van der Waals surface area contributed by atoms with E-state index < -0.39 is 24.1 Å². The lowest BCUT2D eigenvalue weighted by molar-refractivity contribution is -0.131. The van der Waals surface area contributed by atoms with E-state index in [1.54, 1.807) is 25.1 Å². The first-order chi connectivity index (χ1) is 13.2. The fourth-order valence-electron chi connectivity index (χ4n) is 3.05. The van der Waals surface area contributed by atoms with E-state index in [0.717, 1.165) is 9.37 Å². The molecule has 28 heavy (non-hydrogen) atoms. The number of carbonyl (C=O) groups excluding carboxylic acids is 2. The molecule has 0 radical (unpaired) electrons. The number of alkyl halides is 2. The van der Waals surface area contributed by atoms with E-state index in [2.05, 4.69) is 26.0 Å². The number of methoxy groups -OCH3 is 1. The highest BCUT2D eigenvalue weighted by Crippen LogP contribution is 2.33. The maximum Gasteiger partial charge on any atom is 0.387 e. The zero-order valence-electron chi connectivity index (χ0n) is 15.0.